The van der Waals surface area contributed by atoms with Gasteiger partial charge < -0.3 is 10.2 Å². The van der Waals surface area contributed by atoms with E-state index in [1.165, 1.54) is 11.9 Å². The molecule has 3 amide bonds. The molecule has 3 rings (SSSR count). The van der Waals surface area contributed by atoms with Crippen molar-refractivity contribution in [3.05, 3.63) is 46.4 Å². The highest BCUT2D eigenvalue weighted by atomic mass is 19.2. The third-order valence-electron chi connectivity index (χ3n) is 4.57. The number of benzene rings is 1. The van der Waals surface area contributed by atoms with Gasteiger partial charge in [-0.3, -0.25) is 9.69 Å². The molecule has 1 aromatic rings. The van der Waals surface area contributed by atoms with Crippen LogP contribution in [0.5, 0.6) is 0 Å². The first-order valence-corrected chi connectivity index (χ1v) is 8.06. The maximum Gasteiger partial charge on any atom is 0.322 e. The summed E-state index contributed by atoms with van der Waals surface area (Å²) in [6, 6.07) is -0.567. The fourth-order valence-electron chi connectivity index (χ4n) is 3.15. The van der Waals surface area contributed by atoms with Crippen molar-refractivity contribution in [2.45, 2.75) is 25.8 Å². The van der Waals surface area contributed by atoms with Gasteiger partial charge in [-0.1, -0.05) is 13.3 Å². The normalized spacial score (nSPS) is 20.3. The number of amides is 3. The van der Waals surface area contributed by atoms with E-state index in [1.807, 2.05) is 6.92 Å². The first-order chi connectivity index (χ1) is 11.8. The highest BCUT2D eigenvalue weighted by molar-refractivity contribution is 6.01. The predicted octanol–water partition coefficient (Wildman–Crippen LogP) is 2.70. The Morgan fingerprint density at radius 3 is 2.52 bits per heavy atom. The van der Waals surface area contributed by atoms with E-state index in [4.69, 9.17) is 0 Å². The highest BCUT2D eigenvalue weighted by Crippen LogP contribution is 2.37. The molecule has 1 unspecified atom stereocenters. The van der Waals surface area contributed by atoms with Crippen molar-refractivity contribution in [3.63, 3.8) is 0 Å². The van der Waals surface area contributed by atoms with E-state index in [0.29, 0.717) is 24.4 Å². The summed E-state index contributed by atoms with van der Waals surface area (Å²) in [6.07, 6.45) is 1.68. The molecule has 0 saturated heterocycles. The van der Waals surface area contributed by atoms with Crippen LogP contribution in [-0.2, 0) is 4.79 Å². The van der Waals surface area contributed by atoms with E-state index in [0.717, 1.165) is 12.8 Å². The molecular weight excluding hydrogens is 335 g/mol. The lowest BCUT2D eigenvalue weighted by molar-refractivity contribution is -0.125. The van der Waals surface area contributed by atoms with Crippen molar-refractivity contribution in [1.29, 1.82) is 0 Å². The van der Waals surface area contributed by atoms with Crippen molar-refractivity contribution >= 4 is 11.9 Å². The maximum atomic E-state index is 14.2. The molecule has 1 aromatic carbocycles. The van der Waals surface area contributed by atoms with Crippen LogP contribution < -0.4 is 5.32 Å². The third-order valence-corrected chi connectivity index (χ3v) is 4.57. The second-order valence-electron chi connectivity index (χ2n) is 6.17. The van der Waals surface area contributed by atoms with E-state index in [9.17, 15) is 22.8 Å². The zero-order chi connectivity index (χ0) is 18.3. The van der Waals surface area contributed by atoms with Crippen LogP contribution in [0.3, 0.4) is 0 Å². The topological polar surface area (TPSA) is 52.7 Å². The van der Waals surface area contributed by atoms with Crippen LogP contribution in [-0.4, -0.2) is 41.9 Å². The fourth-order valence-corrected chi connectivity index (χ4v) is 3.15. The van der Waals surface area contributed by atoms with Gasteiger partial charge in [-0.25, -0.2) is 18.0 Å². The zero-order valence-corrected chi connectivity index (χ0v) is 13.9. The number of carbonyl (C=O) groups is 2. The molecule has 2 aliphatic rings. The molecule has 0 bridgehead atoms. The minimum atomic E-state index is -1.32. The van der Waals surface area contributed by atoms with Gasteiger partial charge >= 0.3 is 6.03 Å². The first-order valence-electron chi connectivity index (χ1n) is 8.06. The molecule has 0 aromatic heterocycles. The average molecular weight is 353 g/mol. The number of hydrogen-bond acceptors (Lipinski definition) is 2. The molecule has 2 heterocycles. The van der Waals surface area contributed by atoms with E-state index < -0.39 is 29.5 Å². The minimum absolute atomic E-state index is 0.197. The largest absolute Gasteiger partial charge is 0.333 e. The Kier molecular flexibility index (Phi) is 4.45. The van der Waals surface area contributed by atoms with Gasteiger partial charge in [-0.2, -0.15) is 0 Å². The van der Waals surface area contributed by atoms with Crippen LogP contribution in [0.4, 0.5) is 18.0 Å². The van der Waals surface area contributed by atoms with Crippen molar-refractivity contribution in [2.24, 2.45) is 0 Å². The number of urea groups is 1. The van der Waals surface area contributed by atoms with Crippen molar-refractivity contribution in [3.8, 4) is 0 Å². The summed E-state index contributed by atoms with van der Waals surface area (Å²) in [5.41, 5.74) is 0.389. The van der Waals surface area contributed by atoms with Crippen LogP contribution in [0.2, 0.25) is 0 Å². The number of halogens is 3. The average Bonchev–Trinajstić information content (AvgIpc) is 2.90. The van der Waals surface area contributed by atoms with Gasteiger partial charge in [0.05, 0.1) is 23.9 Å². The maximum absolute atomic E-state index is 14.2. The highest BCUT2D eigenvalue weighted by Gasteiger charge is 2.43. The molecule has 1 N–H and O–H groups in total. The van der Waals surface area contributed by atoms with E-state index in [-0.39, 0.29) is 23.6 Å². The van der Waals surface area contributed by atoms with Gasteiger partial charge in [0.1, 0.15) is 5.82 Å². The van der Waals surface area contributed by atoms with E-state index in [2.05, 4.69) is 5.32 Å². The van der Waals surface area contributed by atoms with Gasteiger partial charge in [0.15, 0.2) is 11.6 Å². The number of carbonyl (C=O) groups excluding carboxylic acids is 2. The Morgan fingerprint density at radius 2 is 1.84 bits per heavy atom. The summed E-state index contributed by atoms with van der Waals surface area (Å²) >= 11 is 0. The summed E-state index contributed by atoms with van der Waals surface area (Å²) in [4.78, 5) is 27.8. The lowest BCUT2D eigenvalue weighted by Gasteiger charge is -2.31. The van der Waals surface area contributed by atoms with E-state index >= 15 is 0 Å². The molecular formula is C17H18F3N3O2. The molecule has 5 nitrogen and oxygen atoms in total. The van der Waals surface area contributed by atoms with Gasteiger partial charge in [0.25, 0.3) is 5.91 Å². The number of rotatable bonds is 4. The summed E-state index contributed by atoms with van der Waals surface area (Å²) in [5.74, 6) is -3.90. The molecule has 0 aliphatic carbocycles. The summed E-state index contributed by atoms with van der Waals surface area (Å²) in [7, 11) is 1.51. The standard InChI is InChI=1S/C17H18F3N3O2/c1-3-4-5-23-8-13-14(16(23)24)15(21-17(25)22(13)2)9-6-11(19)12(20)7-10(9)18/h6-7,15H,3-5,8H2,1-2H3,(H,21,25). The number of nitrogens with one attached hydrogen (secondary N) is 1. The van der Waals surface area contributed by atoms with Gasteiger partial charge in [-0.15, -0.1) is 0 Å². The number of hydrogen-bond donors (Lipinski definition) is 1. The van der Waals surface area contributed by atoms with Crippen LogP contribution in [0.25, 0.3) is 0 Å². The van der Waals surface area contributed by atoms with Gasteiger partial charge in [0, 0.05) is 25.2 Å². The summed E-state index contributed by atoms with van der Waals surface area (Å²) in [6.45, 7) is 2.74. The number of nitrogens with zero attached hydrogens (tertiary/aromatic N) is 2. The van der Waals surface area contributed by atoms with Crippen LogP contribution in [0.15, 0.2) is 23.4 Å². The molecule has 0 spiro atoms. The van der Waals surface area contributed by atoms with Gasteiger partial charge in [0.2, 0.25) is 0 Å². The molecule has 0 fully saturated rings. The Hall–Kier alpha value is -2.51. The predicted molar refractivity (Wildman–Crippen MR) is 83.9 cm³/mol. The summed E-state index contributed by atoms with van der Waals surface area (Å²) in [5, 5.41) is 2.50. The van der Waals surface area contributed by atoms with E-state index in [1.54, 1.807) is 4.90 Å². The second kappa shape index (κ2) is 6.42. The second-order valence-corrected chi connectivity index (χ2v) is 6.17. The van der Waals surface area contributed by atoms with Crippen molar-refractivity contribution in [1.82, 2.24) is 15.1 Å². The Morgan fingerprint density at radius 1 is 1.16 bits per heavy atom. The monoisotopic (exact) mass is 353 g/mol. The van der Waals surface area contributed by atoms with Crippen molar-refractivity contribution in [2.75, 3.05) is 20.1 Å². The Labute approximate surface area is 143 Å². The molecule has 1 atom stereocenters. The fraction of sp³-hybridized carbons (Fsp3) is 0.412. The number of unbranched alkanes of at least 4 members (excludes halogenated alkanes) is 1. The smallest absolute Gasteiger partial charge is 0.322 e. The Balaban J connectivity index is 2.04. The minimum Gasteiger partial charge on any atom is -0.333 e. The van der Waals surface area contributed by atoms with Gasteiger partial charge in [-0.05, 0) is 12.5 Å². The van der Waals surface area contributed by atoms with Crippen LogP contribution in [0, 0.1) is 17.5 Å². The SMILES string of the molecule is CCCCN1CC2=C(C1=O)C(c1cc(F)c(F)cc1F)NC(=O)N2C. The lowest BCUT2D eigenvalue weighted by Crippen LogP contribution is -2.45. The Bertz CT molecular complexity index is 779. The van der Waals surface area contributed by atoms with Crippen LogP contribution >= 0.6 is 0 Å². The van der Waals surface area contributed by atoms with Crippen molar-refractivity contribution < 1.29 is 22.8 Å². The molecule has 8 heteroatoms. The third kappa shape index (κ3) is 2.85. The summed E-state index contributed by atoms with van der Waals surface area (Å²) < 4.78 is 41.0. The molecule has 2 aliphatic heterocycles. The zero-order valence-electron chi connectivity index (χ0n) is 13.9. The molecule has 0 saturated carbocycles. The van der Waals surface area contributed by atoms with Crippen LogP contribution in [0.1, 0.15) is 31.4 Å². The lowest BCUT2D eigenvalue weighted by atomic mass is 9.95. The molecule has 134 valence electrons. The molecule has 25 heavy (non-hydrogen) atoms. The quantitative estimate of drug-likeness (QED) is 0.847. The number of likely N-dealkylation sites (N-methyl/N-ethyl adjacent to an activating group) is 1. The molecule has 0 radical (unpaired) electrons. The first kappa shape index (κ1) is 17.3.